The number of carbonyl (C=O) groups is 3. The van der Waals surface area contributed by atoms with Gasteiger partial charge in [0.2, 0.25) is 11.8 Å². The lowest BCUT2D eigenvalue weighted by Crippen LogP contribution is -2.57. The molecule has 0 aromatic heterocycles. The highest BCUT2D eigenvalue weighted by Crippen LogP contribution is 2.13. The SMILES string of the molecule is CN1C(=O)C(/C=N/O)C(=O)N(C)C1=O. The molecule has 76 valence electrons. The van der Waals surface area contributed by atoms with Gasteiger partial charge in [-0.3, -0.25) is 19.4 Å². The number of rotatable bonds is 1. The summed E-state index contributed by atoms with van der Waals surface area (Å²) in [5.41, 5.74) is 0. The molecule has 1 fully saturated rings. The Bertz CT molecular complexity index is 301. The van der Waals surface area contributed by atoms with Gasteiger partial charge in [-0.1, -0.05) is 0 Å². The third-order valence-electron chi connectivity index (χ3n) is 1.98. The molecule has 0 saturated carbocycles. The molecular formula is C7H9N3O4. The fourth-order valence-corrected chi connectivity index (χ4v) is 1.13. The predicted molar refractivity (Wildman–Crippen MR) is 44.7 cm³/mol. The van der Waals surface area contributed by atoms with Gasteiger partial charge in [0.1, 0.15) is 0 Å². The summed E-state index contributed by atoms with van der Waals surface area (Å²) < 4.78 is 0. The van der Waals surface area contributed by atoms with E-state index >= 15 is 0 Å². The minimum atomic E-state index is -1.22. The molecule has 1 aliphatic heterocycles. The highest BCUT2D eigenvalue weighted by atomic mass is 16.4. The number of hydrogen-bond donors (Lipinski definition) is 1. The van der Waals surface area contributed by atoms with Crippen molar-refractivity contribution in [2.24, 2.45) is 11.1 Å². The first-order chi connectivity index (χ1) is 6.50. The number of amides is 4. The maximum atomic E-state index is 11.3. The number of carbonyl (C=O) groups excluding carboxylic acids is 3. The molecule has 0 atom stereocenters. The van der Waals surface area contributed by atoms with Crippen LogP contribution in [0.5, 0.6) is 0 Å². The fourth-order valence-electron chi connectivity index (χ4n) is 1.13. The Labute approximate surface area is 79.6 Å². The molecule has 7 nitrogen and oxygen atoms in total. The lowest BCUT2D eigenvalue weighted by Gasteiger charge is -2.30. The summed E-state index contributed by atoms with van der Waals surface area (Å²) in [4.78, 5) is 35.5. The molecule has 0 aromatic rings. The van der Waals surface area contributed by atoms with Crippen molar-refractivity contribution in [3.8, 4) is 0 Å². The Hall–Kier alpha value is -1.92. The lowest BCUT2D eigenvalue weighted by atomic mass is 10.1. The van der Waals surface area contributed by atoms with Gasteiger partial charge in [-0.2, -0.15) is 0 Å². The van der Waals surface area contributed by atoms with Gasteiger partial charge in [0.15, 0.2) is 5.92 Å². The van der Waals surface area contributed by atoms with E-state index in [9.17, 15) is 14.4 Å². The molecule has 0 spiro atoms. The fraction of sp³-hybridized carbons (Fsp3) is 0.429. The Balaban J connectivity index is 3.04. The second kappa shape index (κ2) is 3.44. The number of barbiturate groups is 1. The van der Waals surface area contributed by atoms with Crippen molar-refractivity contribution in [2.75, 3.05) is 14.1 Å². The van der Waals surface area contributed by atoms with Crippen LogP contribution in [0.15, 0.2) is 5.16 Å². The summed E-state index contributed by atoms with van der Waals surface area (Å²) in [6.07, 6.45) is 0.796. The molecule has 0 aliphatic carbocycles. The average molecular weight is 199 g/mol. The van der Waals surface area contributed by atoms with Gasteiger partial charge in [0.25, 0.3) is 0 Å². The van der Waals surface area contributed by atoms with Gasteiger partial charge < -0.3 is 5.21 Å². The van der Waals surface area contributed by atoms with Crippen LogP contribution in [0.4, 0.5) is 4.79 Å². The van der Waals surface area contributed by atoms with Gasteiger partial charge >= 0.3 is 6.03 Å². The molecule has 7 heteroatoms. The summed E-state index contributed by atoms with van der Waals surface area (Å²) in [5, 5.41) is 10.9. The number of oxime groups is 1. The van der Waals surface area contributed by atoms with E-state index in [0.29, 0.717) is 0 Å². The smallest absolute Gasteiger partial charge is 0.332 e. The third kappa shape index (κ3) is 1.32. The van der Waals surface area contributed by atoms with E-state index in [1.54, 1.807) is 0 Å². The summed E-state index contributed by atoms with van der Waals surface area (Å²) in [6, 6.07) is -0.692. The van der Waals surface area contributed by atoms with Crippen LogP contribution >= 0.6 is 0 Å². The predicted octanol–water partition coefficient (Wildman–Crippen LogP) is -0.887. The third-order valence-corrected chi connectivity index (χ3v) is 1.98. The molecule has 1 saturated heterocycles. The van der Waals surface area contributed by atoms with Crippen molar-refractivity contribution in [1.29, 1.82) is 0 Å². The zero-order valence-electron chi connectivity index (χ0n) is 7.67. The molecule has 0 bridgehead atoms. The molecule has 1 heterocycles. The van der Waals surface area contributed by atoms with Crippen LogP contribution in [0.25, 0.3) is 0 Å². The summed E-state index contributed by atoms with van der Waals surface area (Å²) in [5.74, 6) is -2.61. The molecule has 4 amide bonds. The summed E-state index contributed by atoms with van der Waals surface area (Å²) in [7, 11) is 2.51. The van der Waals surface area contributed by atoms with E-state index in [4.69, 9.17) is 5.21 Å². The monoisotopic (exact) mass is 199 g/mol. The lowest BCUT2D eigenvalue weighted by molar-refractivity contribution is -0.144. The van der Waals surface area contributed by atoms with Crippen LogP contribution in [0, 0.1) is 5.92 Å². The van der Waals surface area contributed by atoms with Crippen molar-refractivity contribution < 1.29 is 19.6 Å². The first-order valence-electron chi connectivity index (χ1n) is 3.77. The highest BCUT2D eigenvalue weighted by Gasteiger charge is 2.41. The van der Waals surface area contributed by atoms with E-state index in [-0.39, 0.29) is 0 Å². The van der Waals surface area contributed by atoms with Gasteiger partial charge in [0, 0.05) is 14.1 Å². The highest BCUT2D eigenvalue weighted by molar-refractivity contribution is 6.22. The quantitative estimate of drug-likeness (QED) is 0.257. The molecule has 0 aromatic carbocycles. The minimum absolute atomic E-state index is 0.692. The van der Waals surface area contributed by atoms with E-state index in [1.165, 1.54) is 14.1 Å². The number of hydrogen-bond acceptors (Lipinski definition) is 5. The molecule has 1 N–H and O–H groups in total. The van der Waals surface area contributed by atoms with Crippen molar-refractivity contribution >= 4 is 24.1 Å². The van der Waals surface area contributed by atoms with Gasteiger partial charge in [-0.15, -0.1) is 5.16 Å². The normalized spacial score (nSPS) is 20.0. The second-order valence-electron chi connectivity index (χ2n) is 2.82. The Morgan fingerprint density at radius 2 is 1.64 bits per heavy atom. The first-order valence-corrected chi connectivity index (χ1v) is 3.77. The summed E-state index contributed by atoms with van der Waals surface area (Å²) in [6.45, 7) is 0. The number of imide groups is 2. The zero-order chi connectivity index (χ0) is 10.9. The van der Waals surface area contributed by atoms with Crippen LogP contribution in [0.1, 0.15) is 0 Å². The van der Waals surface area contributed by atoms with Crippen molar-refractivity contribution in [1.82, 2.24) is 9.80 Å². The second-order valence-corrected chi connectivity index (χ2v) is 2.82. The van der Waals surface area contributed by atoms with Crippen LogP contribution in [-0.2, 0) is 9.59 Å². The van der Waals surface area contributed by atoms with E-state index in [1.807, 2.05) is 0 Å². The molecular weight excluding hydrogens is 190 g/mol. The van der Waals surface area contributed by atoms with Crippen LogP contribution < -0.4 is 0 Å². The maximum Gasteiger partial charge on any atom is 0.332 e. The molecule has 1 aliphatic rings. The molecule has 0 radical (unpaired) electrons. The van der Waals surface area contributed by atoms with Gasteiger partial charge in [0.05, 0.1) is 6.21 Å². The van der Waals surface area contributed by atoms with Crippen molar-refractivity contribution in [3.05, 3.63) is 0 Å². The zero-order valence-corrected chi connectivity index (χ0v) is 7.67. The van der Waals surface area contributed by atoms with Gasteiger partial charge in [-0.05, 0) is 0 Å². The molecule has 14 heavy (non-hydrogen) atoms. The van der Waals surface area contributed by atoms with Crippen LogP contribution in [0.3, 0.4) is 0 Å². The maximum absolute atomic E-state index is 11.3. The Morgan fingerprint density at radius 3 is 2.00 bits per heavy atom. The van der Waals surface area contributed by atoms with Gasteiger partial charge in [-0.25, -0.2) is 4.79 Å². The van der Waals surface area contributed by atoms with E-state index in [2.05, 4.69) is 5.16 Å². The Morgan fingerprint density at radius 1 is 1.21 bits per heavy atom. The Kier molecular flexibility index (Phi) is 2.50. The topological polar surface area (TPSA) is 90.3 Å². The number of urea groups is 1. The minimum Gasteiger partial charge on any atom is -0.411 e. The van der Waals surface area contributed by atoms with Crippen LogP contribution in [0.2, 0.25) is 0 Å². The molecule has 1 rings (SSSR count). The largest absolute Gasteiger partial charge is 0.411 e. The molecule has 0 unspecified atom stereocenters. The van der Waals surface area contributed by atoms with Crippen molar-refractivity contribution in [2.45, 2.75) is 0 Å². The van der Waals surface area contributed by atoms with E-state index in [0.717, 1.165) is 16.0 Å². The standard InChI is InChI=1S/C7H9N3O4/c1-9-5(11)4(3-8-14)6(12)10(2)7(9)13/h3-4,14H,1-2H3/b8-3+. The number of nitrogens with zero attached hydrogens (tertiary/aromatic N) is 3. The first kappa shape index (κ1) is 10.2. The average Bonchev–Trinajstić information content (AvgIpc) is 2.19. The summed E-state index contributed by atoms with van der Waals surface area (Å²) >= 11 is 0. The van der Waals surface area contributed by atoms with E-state index < -0.39 is 23.8 Å². The van der Waals surface area contributed by atoms with Crippen molar-refractivity contribution in [3.63, 3.8) is 0 Å². The van der Waals surface area contributed by atoms with Crippen LogP contribution in [-0.4, -0.2) is 53.2 Å².